The summed E-state index contributed by atoms with van der Waals surface area (Å²) in [5.74, 6) is -0.372. The third kappa shape index (κ3) is 2.70. The van der Waals surface area contributed by atoms with Crippen LogP contribution in [0.5, 0.6) is 0 Å². The smallest absolute Gasteiger partial charge is 0.355 e. The second kappa shape index (κ2) is 5.49. The molecule has 1 aromatic carbocycles. The van der Waals surface area contributed by atoms with Gasteiger partial charge in [-0.2, -0.15) is 0 Å². The second-order valence-corrected chi connectivity index (χ2v) is 5.42. The van der Waals surface area contributed by atoms with Crippen LogP contribution in [0.15, 0.2) is 45.9 Å². The van der Waals surface area contributed by atoms with Crippen LogP contribution in [0.2, 0.25) is 0 Å². The van der Waals surface area contributed by atoms with E-state index in [0.717, 1.165) is 9.37 Å². The molecule has 94 valence electrons. The Morgan fingerprint density at radius 3 is 2.89 bits per heavy atom. The monoisotopic (exact) mass is 326 g/mol. The Morgan fingerprint density at radius 1 is 1.44 bits per heavy atom. The third-order valence-corrected chi connectivity index (χ3v) is 3.85. The first-order valence-electron chi connectivity index (χ1n) is 5.11. The average Bonchev–Trinajstić information content (AvgIpc) is 2.80. The van der Waals surface area contributed by atoms with Crippen LogP contribution >= 0.6 is 27.9 Å². The number of rotatable bonds is 3. The van der Waals surface area contributed by atoms with Gasteiger partial charge in [0.25, 0.3) is 0 Å². The highest BCUT2D eigenvalue weighted by molar-refractivity contribution is 9.10. The molecule has 0 bridgehead atoms. The first kappa shape index (κ1) is 13.0. The minimum Gasteiger partial charge on any atom is -0.464 e. The Bertz CT molecular complexity index is 583. The predicted molar refractivity (Wildman–Crippen MR) is 75.6 cm³/mol. The van der Waals surface area contributed by atoms with E-state index in [1.807, 2.05) is 18.2 Å². The number of hydrogen-bond acceptors (Lipinski definition) is 4. The molecule has 0 spiro atoms. The molecule has 1 aromatic heterocycles. The molecule has 0 aliphatic carbocycles. The molecule has 0 aliphatic rings. The van der Waals surface area contributed by atoms with Gasteiger partial charge in [-0.05, 0) is 42.3 Å². The van der Waals surface area contributed by atoms with Crippen molar-refractivity contribution in [1.82, 2.24) is 3.97 Å². The van der Waals surface area contributed by atoms with Crippen LogP contribution < -0.4 is 5.73 Å². The maximum Gasteiger partial charge on any atom is 0.355 e. The molecule has 1 heterocycles. The molecule has 0 atom stereocenters. The summed E-state index contributed by atoms with van der Waals surface area (Å²) < 4.78 is 7.36. The van der Waals surface area contributed by atoms with Crippen molar-refractivity contribution in [3.05, 3.63) is 46.7 Å². The number of nitrogens with zero attached hydrogens (tertiary/aromatic N) is 1. The van der Waals surface area contributed by atoms with E-state index in [0.29, 0.717) is 11.4 Å². The number of ether oxygens (including phenoxy) is 1. The number of nitrogens with two attached hydrogens (primary N) is 1. The van der Waals surface area contributed by atoms with Gasteiger partial charge in [-0.25, -0.2) is 4.79 Å². The summed E-state index contributed by atoms with van der Waals surface area (Å²) in [5.41, 5.74) is 7.04. The van der Waals surface area contributed by atoms with Crippen LogP contribution in [0.3, 0.4) is 0 Å². The number of anilines is 1. The normalized spacial score (nSPS) is 10.3. The van der Waals surface area contributed by atoms with Gasteiger partial charge in [0, 0.05) is 16.4 Å². The van der Waals surface area contributed by atoms with E-state index >= 15 is 0 Å². The SMILES string of the molecule is COC(=O)c1cccn1Sc1ccc(Br)cc1N. The fraction of sp³-hybridized carbons (Fsp3) is 0.0833. The van der Waals surface area contributed by atoms with Gasteiger partial charge in [-0.15, -0.1) is 0 Å². The molecule has 2 rings (SSSR count). The number of halogens is 1. The van der Waals surface area contributed by atoms with Crippen molar-refractivity contribution >= 4 is 39.5 Å². The zero-order valence-electron chi connectivity index (χ0n) is 9.59. The maximum atomic E-state index is 11.5. The average molecular weight is 327 g/mol. The quantitative estimate of drug-likeness (QED) is 0.695. The highest BCUT2D eigenvalue weighted by Gasteiger charge is 2.12. The van der Waals surface area contributed by atoms with Gasteiger partial charge in [-0.3, -0.25) is 3.97 Å². The van der Waals surface area contributed by atoms with Gasteiger partial charge >= 0.3 is 5.97 Å². The maximum absolute atomic E-state index is 11.5. The molecule has 0 aliphatic heterocycles. The lowest BCUT2D eigenvalue weighted by Crippen LogP contribution is -2.06. The fourth-order valence-electron chi connectivity index (χ4n) is 1.42. The molecule has 0 saturated carbocycles. The van der Waals surface area contributed by atoms with E-state index in [2.05, 4.69) is 15.9 Å². The highest BCUT2D eigenvalue weighted by Crippen LogP contribution is 2.30. The van der Waals surface area contributed by atoms with Gasteiger partial charge in [0.1, 0.15) is 5.69 Å². The van der Waals surface area contributed by atoms with Crippen LogP contribution in [0, 0.1) is 0 Å². The van der Waals surface area contributed by atoms with Crippen molar-refractivity contribution in [2.24, 2.45) is 0 Å². The zero-order valence-corrected chi connectivity index (χ0v) is 12.0. The highest BCUT2D eigenvalue weighted by atomic mass is 79.9. The number of nitrogen functional groups attached to an aromatic ring is 1. The van der Waals surface area contributed by atoms with E-state index in [4.69, 9.17) is 10.5 Å². The molecular formula is C12H11BrN2O2S. The minimum atomic E-state index is -0.372. The van der Waals surface area contributed by atoms with Crippen molar-refractivity contribution in [1.29, 1.82) is 0 Å². The number of carbonyl (C=O) groups is 1. The number of hydrogen-bond donors (Lipinski definition) is 1. The summed E-state index contributed by atoms with van der Waals surface area (Å²) in [6, 6.07) is 9.11. The molecule has 0 unspecified atom stereocenters. The van der Waals surface area contributed by atoms with Crippen molar-refractivity contribution in [3.63, 3.8) is 0 Å². The minimum absolute atomic E-state index is 0.372. The Labute approximate surface area is 117 Å². The van der Waals surface area contributed by atoms with Crippen LogP contribution in [-0.4, -0.2) is 17.1 Å². The van der Waals surface area contributed by atoms with Gasteiger partial charge in [0.05, 0.1) is 12.0 Å². The zero-order chi connectivity index (χ0) is 13.1. The molecule has 6 heteroatoms. The largest absolute Gasteiger partial charge is 0.464 e. The summed E-state index contributed by atoms with van der Waals surface area (Å²) in [7, 11) is 1.36. The molecule has 0 saturated heterocycles. The van der Waals surface area contributed by atoms with Crippen molar-refractivity contribution < 1.29 is 9.53 Å². The van der Waals surface area contributed by atoms with Crippen molar-refractivity contribution in [2.75, 3.05) is 12.8 Å². The number of esters is 1. The third-order valence-electron chi connectivity index (χ3n) is 2.28. The Kier molecular flexibility index (Phi) is 3.98. The Hall–Kier alpha value is -1.40. The summed E-state index contributed by atoms with van der Waals surface area (Å²) in [6.45, 7) is 0. The van der Waals surface area contributed by atoms with Gasteiger partial charge in [0.15, 0.2) is 0 Å². The lowest BCUT2D eigenvalue weighted by Gasteiger charge is -2.09. The van der Waals surface area contributed by atoms with E-state index in [-0.39, 0.29) is 5.97 Å². The number of methoxy groups -OCH3 is 1. The number of benzene rings is 1. The molecule has 0 radical (unpaired) electrons. The number of carbonyl (C=O) groups excluding carboxylic acids is 1. The van der Waals surface area contributed by atoms with Gasteiger partial charge in [0.2, 0.25) is 0 Å². The molecule has 18 heavy (non-hydrogen) atoms. The van der Waals surface area contributed by atoms with Crippen LogP contribution in [0.4, 0.5) is 5.69 Å². The lowest BCUT2D eigenvalue weighted by molar-refractivity contribution is 0.0593. The predicted octanol–water partition coefficient (Wildman–Crippen LogP) is 3.17. The summed E-state index contributed by atoms with van der Waals surface area (Å²) in [4.78, 5) is 12.4. The molecule has 2 N–H and O–H groups in total. The number of aromatic nitrogens is 1. The van der Waals surface area contributed by atoms with E-state index in [1.54, 1.807) is 22.3 Å². The van der Waals surface area contributed by atoms with Gasteiger partial charge in [-0.1, -0.05) is 15.9 Å². The Morgan fingerprint density at radius 2 is 2.22 bits per heavy atom. The second-order valence-electron chi connectivity index (χ2n) is 3.48. The standard InChI is InChI=1S/C12H11BrN2O2S/c1-17-12(16)10-3-2-6-15(10)18-11-5-4-8(13)7-9(11)14/h2-7H,14H2,1H3. The molecule has 0 amide bonds. The van der Waals surface area contributed by atoms with Crippen LogP contribution in [0.25, 0.3) is 0 Å². The van der Waals surface area contributed by atoms with E-state index in [1.165, 1.54) is 19.1 Å². The summed E-state index contributed by atoms with van der Waals surface area (Å²) >= 11 is 4.72. The molecule has 2 aromatic rings. The summed E-state index contributed by atoms with van der Waals surface area (Å²) in [6.07, 6.45) is 1.79. The van der Waals surface area contributed by atoms with Crippen molar-refractivity contribution in [2.45, 2.75) is 4.90 Å². The Balaban J connectivity index is 2.29. The topological polar surface area (TPSA) is 57.2 Å². The first-order valence-corrected chi connectivity index (χ1v) is 6.67. The first-order chi connectivity index (χ1) is 8.61. The van der Waals surface area contributed by atoms with E-state index < -0.39 is 0 Å². The van der Waals surface area contributed by atoms with Crippen LogP contribution in [-0.2, 0) is 4.74 Å². The van der Waals surface area contributed by atoms with E-state index in [9.17, 15) is 4.79 Å². The van der Waals surface area contributed by atoms with Crippen LogP contribution in [0.1, 0.15) is 10.5 Å². The van der Waals surface area contributed by atoms with Gasteiger partial charge < -0.3 is 10.5 Å². The lowest BCUT2D eigenvalue weighted by atomic mass is 10.3. The molecular weight excluding hydrogens is 316 g/mol. The fourth-order valence-corrected chi connectivity index (χ4v) is 2.67. The van der Waals surface area contributed by atoms with Crippen molar-refractivity contribution in [3.8, 4) is 0 Å². The summed E-state index contributed by atoms with van der Waals surface area (Å²) in [5, 5.41) is 0. The molecule has 0 fully saturated rings. The molecule has 4 nitrogen and oxygen atoms in total.